The van der Waals surface area contributed by atoms with Crippen LogP contribution in [0.25, 0.3) is 5.65 Å². The molecule has 30 heavy (non-hydrogen) atoms. The number of benzene rings is 1. The Bertz CT molecular complexity index is 933. The highest BCUT2D eigenvalue weighted by Crippen LogP contribution is 2.09. The van der Waals surface area contributed by atoms with Gasteiger partial charge < -0.3 is 10.2 Å². The zero-order chi connectivity index (χ0) is 19.9. The summed E-state index contributed by atoms with van der Waals surface area (Å²) in [5.41, 5.74) is 2.28. The second kappa shape index (κ2) is 11.3. The van der Waals surface area contributed by atoms with Gasteiger partial charge in [0.2, 0.25) is 0 Å². The number of pyridine rings is 1. The molecule has 0 unspecified atom stereocenters. The lowest BCUT2D eigenvalue weighted by Gasteiger charge is -2.36. The Hall–Kier alpha value is -2.20. The first-order chi connectivity index (χ1) is 14.3. The van der Waals surface area contributed by atoms with E-state index in [1.165, 1.54) is 5.56 Å². The highest BCUT2D eigenvalue weighted by molar-refractivity contribution is 14.0. The van der Waals surface area contributed by atoms with Crippen LogP contribution in [0.1, 0.15) is 17.8 Å². The topological polar surface area (TPSA) is 61.1 Å². The molecule has 0 radical (unpaired) electrons. The van der Waals surface area contributed by atoms with Gasteiger partial charge in [-0.15, -0.1) is 34.2 Å². The van der Waals surface area contributed by atoms with Crippen molar-refractivity contribution in [1.29, 1.82) is 0 Å². The number of piperazine rings is 1. The number of fused-ring (bicyclic) bond motifs is 1. The molecule has 1 N–H and O–H groups in total. The third-order valence-corrected chi connectivity index (χ3v) is 5.38. The van der Waals surface area contributed by atoms with Gasteiger partial charge in [-0.3, -0.25) is 14.3 Å². The van der Waals surface area contributed by atoms with Crippen molar-refractivity contribution in [1.82, 2.24) is 29.7 Å². The van der Waals surface area contributed by atoms with Crippen LogP contribution in [0, 0.1) is 0 Å². The molecular formula is C22H30IN7. The van der Waals surface area contributed by atoms with Crippen molar-refractivity contribution in [3.05, 3.63) is 66.1 Å². The standard InChI is InChI=1S/C22H29N7.HI/c1-23-22(24-12-7-11-21-26-25-20-10-5-6-13-29(20)21)28-16-14-27(15-17-28)18-19-8-3-2-4-9-19;/h2-6,8-10,13H,7,11-12,14-18H2,1H3,(H,23,24);1H. The predicted octanol–water partition coefficient (Wildman–Crippen LogP) is 2.67. The van der Waals surface area contributed by atoms with Crippen molar-refractivity contribution in [2.75, 3.05) is 39.8 Å². The van der Waals surface area contributed by atoms with Gasteiger partial charge in [0.15, 0.2) is 11.6 Å². The number of aliphatic imine (C=N–C) groups is 1. The van der Waals surface area contributed by atoms with Crippen LogP contribution in [-0.4, -0.2) is 70.1 Å². The normalized spacial score (nSPS) is 15.2. The molecule has 3 heterocycles. The third kappa shape index (κ3) is 5.69. The molecule has 1 aliphatic heterocycles. The van der Waals surface area contributed by atoms with Gasteiger partial charge in [0, 0.05) is 58.9 Å². The van der Waals surface area contributed by atoms with Crippen molar-refractivity contribution >= 4 is 35.6 Å². The summed E-state index contributed by atoms with van der Waals surface area (Å²) in [6.07, 6.45) is 3.90. The zero-order valence-electron chi connectivity index (χ0n) is 17.4. The van der Waals surface area contributed by atoms with Gasteiger partial charge in [-0.25, -0.2) is 0 Å². The number of halogens is 1. The van der Waals surface area contributed by atoms with E-state index in [0.717, 1.165) is 69.5 Å². The molecule has 1 aliphatic rings. The van der Waals surface area contributed by atoms with E-state index in [1.807, 2.05) is 31.4 Å². The molecule has 0 amide bonds. The summed E-state index contributed by atoms with van der Waals surface area (Å²) < 4.78 is 2.06. The molecule has 1 fully saturated rings. The summed E-state index contributed by atoms with van der Waals surface area (Å²) in [6.45, 7) is 6.01. The molecule has 2 aromatic heterocycles. The molecule has 0 spiro atoms. The monoisotopic (exact) mass is 519 g/mol. The average Bonchev–Trinajstić information content (AvgIpc) is 3.18. The smallest absolute Gasteiger partial charge is 0.193 e. The Labute approximate surface area is 195 Å². The first-order valence-electron chi connectivity index (χ1n) is 10.3. The molecule has 0 aliphatic carbocycles. The van der Waals surface area contributed by atoms with Gasteiger partial charge >= 0.3 is 0 Å². The number of nitrogens with one attached hydrogen (secondary N) is 1. The maximum atomic E-state index is 4.49. The molecule has 7 nitrogen and oxygen atoms in total. The minimum absolute atomic E-state index is 0. The number of hydrogen-bond donors (Lipinski definition) is 1. The van der Waals surface area contributed by atoms with Crippen LogP contribution in [0.4, 0.5) is 0 Å². The molecule has 1 saturated heterocycles. The van der Waals surface area contributed by atoms with Gasteiger partial charge in [-0.2, -0.15) is 0 Å². The Morgan fingerprint density at radius 2 is 1.77 bits per heavy atom. The zero-order valence-corrected chi connectivity index (χ0v) is 19.8. The third-order valence-electron chi connectivity index (χ3n) is 5.38. The summed E-state index contributed by atoms with van der Waals surface area (Å²) in [4.78, 5) is 9.35. The first kappa shape index (κ1) is 22.5. The van der Waals surface area contributed by atoms with E-state index in [2.05, 4.69) is 65.0 Å². The summed E-state index contributed by atoms with van der Waals surface area (Å²) in [5.74, 6) is 2.00. The maximum Gasteiger partial charge on any atom is 0.193 e. The molecule has 4 rings (SSSR count). The molecule has 0 atom stereocenters. The van der Waals surface area contributed by atoms with Crippen LogP contribution in [0.3, 0.4) is 0 Å². The molecule has 0 saturated carbocycles. The fraction of sp³-hybridized carbons (Fsp3) is 0.409. The van der Waals surface area contributed by atoms with Crippen molar-refractivity contribution in [2.24, 2.45) is 4.99 Å². The number of nitrogens with zero attached hydrogens (tertiary/aromatic N) is 6. The molecule has 3 aromatic rings. The summed E-state index contributed by atoms with van der Waals surface area (Å²) in [5, 5.41) is 12.0. The number of aromatic nitrogens is 3. The predicted molar refractivity (Wildman–Crippen MR) is 131 cm³/mol. The van der Waals surface area contributed by atoms with Crippen LogP contribution < -0.4 is 5.32 Å². The maximum absolute atomic E-state index is 4.49. The Morgan fingerprint density at radius 3 is 2.53 bits per heavy atom. The lowest BCUT2D eigenvalue weighted by Crippen LogP contribution is -2.52. The fourth-order valence-electron chi connectivity index (χ4n) is 3.80. The summed E-state index contributed by atoms with van der Waals surface area (Å²) in [6, 6.07) is 16.7. The van der Waals surface area contributed by atoms with Crippen LogP contribution >= 0.6 is 24.0 Å². The van der Waals surface area contributed by atoms with E-state index in [4.69, 9.17) is 0 Å². The van der Waals surface area contributed by atoms with E-state index in [9.17, 15) is 0 Å². The van der Waals surface area contributed by atoms with E-state index < -0.39 is 0 Å². The van der Waals surface area contributed by atoms with Gasteiger partial charge in [0.1, 0.15) is 5.82 Å². The van der Waals surface area contributed by atoms with Gasteiger partial charge in [0.05, 0.1) is 0 Å². The minimum Gasteiger partial charge on any atom is -0.356 e. The summed E-state index contributed by atoms with van der Waals surface area (Å²) in [7, 11) is 1.87. The van der Waals surface area contributed by atoms with Crippen LogP contribution in [0.15, 0.2) is 59.7 Å². The minimum atomic E-state index is 0. The molecular weight excluding hydrogens is 489 g/mol. The van der Waals surface area contributed by atoms with E-state index >= 15 is 0 Å². The SMILES string of the molecule is CN=C(NCCCc1nnc2ccccn12)N1CCN(Cc2ccccc2)CC1.I. The number of rotatable bonds is 6. The van der Waals surface area contributed by atoms with Crippen molar-refractivity contribution in [2.45, 2.75) is 19.4 Å². The van der Waals surface area contributed by atoms with E-state index in [-0.39, 0.29) is 24.0 Å². The van der Waals surface area contributed by atoms with Crippen molar-refractivity contribution < 1.29 is 0 Å². The van der Waals surface area contributed by atoms with Gasteiger partial charge in [0.25, 0.3) is 0 Å². The highest BCUT2D eigenvalue weighted by atomic mass is 127. The van der Waals surface area contributed by atoms with E-state index in [1.54, 1.807) is 0 Å². The fourth-order valence-corrected chi connectivity index (χ4v) is 3.80. The molecule has 8 heteroatoms. The number of aryl methyl sites for hydroxylation is 1. The second-order valence-electron chi connectivity index (χ2n) is 7.37. The number of guanidine groups is 1. The Balaban J connectivity index is 0.00000256. The van der Waals surface area contributed by atoms with Crippen molar-refractivity contribution in [3.63, 3.8) is 0 Å². The van der Waals surface area contributed by atoms with Crippen LogP contribution in [0.2, 0.25) is 0 Å². The van der Waals surface area contributed by atoms with Crippen molar-refractivity contribution in [3.8, 4) is 0 Å². The van der Waals surface area contributed by atoms with Crippen LogP contribution in [0.5, 0.6) is 0 Å². The van der Waals surface area contributed by atoms with E-state index in [0.29, 0.717) is 0 Å². The molecule has 0 bridgehead atoms. The Morgan fingerprint density at radius 1 is 1.00 bits per heavy atom. The Kier molecular flexibility index (Phi) is 8.44. The summed E-state index contributed by atoms with van der Waals surface area (Å²) >= 11 is 0. The second-order valence-corrected chi connectivity index (χ2v) is 7.37. The first-order valence-corrected chi connectivity index (χ1v) is 10.3. The molecule has 160 valence electrons. The number of hydrogen-bond acceptors (Lipinski definition) is 4. The van der Waals surface area contributed by atoms with Crippen LogP contribution in [-0.2, 0) is 13.0 Å². The lowest BCUT2D eigenvalue weighted by molar-refractivity contribution is 0.172. The lowest BCUT2D eigenvalue weighted by atomic mass is 10.2. The average molecular weight is 519 g/mol. The van der Waals surface area contributed by atoms with Gasteiger partial charge in [-0.05, 0) is 24.1 Å². The molecule has 1 aromatic carbocycles. The quantitative estimate of drug-likeness (QED) is 0.235. The van der Waals surface area contributed by atoms with Gasteiger partial charge in [-0.1, -0.05) is 36.4 Å². The largest absolute Gasteiger partial charge is 0.356 e. The highest BCUT2D eigenvalue weighted by Gasteiger charge is 2.19.